The van der Waals surface area contributed by atoms with Crippen molar-refractivity contribution in [2.75, 3.05) is 31.6 Å². The van der Waals surface area contributed by atoms with Gasteiger partial charge >= 0.3 is 0 Å². The summed E-state index contributed by atoms with van der Waals surface area (Å²) in [6, 6.07) is 14.4. The fraction of sp³-hybridized carbons (Fsp3) is 0.381. The summed E-state index contributed by atoms with van der Waals surface area (Å²) in [5, 5.41) is 0. The molecule has 2 heterocycles. The number of hydrogen-bond donors (Lipinski definition) is 0. The third-order valence-corrected chi connectivity index (χ3v) is 7.57. The highest BCUT2D eigenvalue weighted by atomic mass is 32.2. The van der Waals surface area contributed by atoms with Gasteiger partial charge in [0.25, 0.3) is 0 Å². The summed E-state index contributed by atoms with van der Waals surface area (Å²) in [5.41, 5.74) is 2.20. The van der Waals surface area contributed by atoms with Gasteiger partial charge in [-0.3, -0.25) is 4.79 Å². The molecule has 7 heteroatoms. The van der Waals surface area contributed by atoms with Gasteiger partial charge in [-0.15, -0.1) is 0 Å². The van der Waals surface area contributed by atoms with Gasteiger partial charge in [-0.05, 0) is 55.2 Å². The van der Waals surface area contributed by atoms with Crippen molar-refractivity contribution in [1.29, 1.82) is 0 Å². The van der Waals surface area contributed by atoms with Gasteiger partial charge < -0.3 is 9.64 Å². The topological polar surface area (TPSA) is 66.9 Å². The molecule has 2 aromatic carbocycles. The van der Waals surface area contributed by atoms with Gasteiger partial charge in [0.1, 0.15) is 5.75 Å². The zero-order valence-corrected chi connectivity index (χ0v) is 16.7. The van der Waals surface area contributed by atoms with Crippen LogP contribution in [-0.2, 0) is 21.2 Å². The van der Waals surface area contributed by atoms with E-state index < -0.39 is 10.0 Å². The van der Waals surface area contributed by atoms with Crippen LogP contribution in [0, 0.1) is 5.92 Å². The average molecular weight is 401 g/mol. The van der Waals surface area contributed by atoms with Crippen LogP contribution in [0.25, 0.3) is 0 Å². The van der Waals surface area contributed by atoms with E-state index in [1.807, 2.05) is 23.1 Å². The van der Waals surface area contributed by atoms with E-state index in [1.165, 1.54) is 9.87 Å². The molecule has 0 atom stereocenters. The van der Waals surface area contributed by atoms with Gasteiger partial charge in [0.05, 0.1) is 12.0 Å². The van der Waals surface area contributed by atoms with Crippen molar-refractivity contribution in [3.8, 4) is 5.75 Å². The number of hydrogen-bond acceptors (Lipinski definition) is 4. The maximum absolute atomic E-state index is 13.0. The van der Waals surface area contributed by atoms with E-state index >= 15 is 0 Å². The van der Waals surface area contributed by atoms with E-state index in [9.17, 15) is 13.2 Å². The Hall–Kier alpha value is -2.38. The van der Waals surface area contributed by atoms with Crippen molar-refractivity contribution in [3.63, 3.8) is 0 Å². The molecule has 0 N–H and O–H groups in total. The molecule has 1 saturated heterocycles. The molecular formula is C21H24N2O4S. The largest absolute Gasteiger partial charge is 0.497 e. The minimum atomic E-state index is -3.55. The van der Waals surface area contributed by atoms with Crippen molar-refractivity contribution in [1.82, 2.24) is 4.31 Å². The lowest BCUT2D eigenvalue weighted by Crippen LogP contribution is -2.44. The summed E-state index contributed by atoms with van der Waals surface area (Å²) in [5.74, 6) is 0.606. The highest BCUT2D eigenvalue weighted by Crippen LogP contribution is 2.32. The van der Waals surface area contributed by atoms with E-state index in [0.29, 0.717) is 38.2 Å². The Morgan fingerprint density at radius 3 is 2.36 bits per heavy atom. The quantitative estimate of drug-likeness (QED) is 0.791. The molecule has 4 rings (SSSR count). The summed E-state index contributed by atoms with van der Waals surface area (Å²) in [4.78, 5) is 15.1. The molecule has 2 aliphatic heterocycles. The summed E-state index contributed by atoms with van der Waals surface area (Å²) < 4.78 is 32.3. The van der Waals surface area contributed by atoms with Crippen LogP contribution in [0.3, 0.4) is 0 Å². The molecule has 0 saturated carbocycles. The predicted molar refractivity (Wildman–Crippen MR) is 107 cm³/mol. The molecular weight excluding hydrogens is 376 g/mol. The standard InChI is InChI=1S/C21H24N2O4S/c1-27-18-6-8-19(9-7-18)28(25,26)22-13-10-17(11-14-22)21(24)23-15-12-16-4-2-3-5-20(16)23/h2-9,17H,10-15H2,1H3. The van der Waals surface area contributed by atoms with Crippen LogP contribution in [0.15, 0.2) is 53.4 Å². The zero-order valence-electron chi connectivity index (χ0n) is 15.9. The number of benzene rings is 2. The lowest BCUT2D eigenvalue weighted by molar-refractivity contribution is -0.123. The fourth-order valence-electron chi connectivity index (χ4n) is 4.03. The molecule has 28 heavy (non-hydrogen) atoms. The first kappa shape index (κ1) is 19.0. The van der Waals surface area contributed by atoms with Crippen molar-refractivity contribution >= 4 is 21.6 Å². The Morgan fingerprint density at radius 2 is 1.68 bits per heavy atom. The molecule has 0 bridgehead atoms. The number of sulfonamides is 1. The Labute approximate surface area is 165 Å². The molecule has 0 unspecified atom stereocenters. The third kappa shape index (κ3) is 3.40. The monoisotopic (exact) mass is 400 g/mol. The van der Waals surface area contributed by atoms with Crippen molar-refractivity contribution < 1.29 is 17.9 Å². The molecule has 148 valence electrons. The Morgan fingerprint density at radius 1 is 1.00 bits per heavy atom. The molecule has 0 aromatic heterocycles. The van der Waals surface area contributed by atoms with E-state index in [4.69, 9.17) is 4.74 Å². The number of carbonyl (C=O) groups is 1. The number of methoxy groups -OCH3 is 1. The minimum absolute atomic E-state index is 0.117. The van der Waals surface area contributed by atoms with Gasteiger partial charge in [-0.25, -0.2) is 8.42 Å². The molecule has 6 nitrogen and oxygen atoms in total. The predicted octanol–water partition coefficient (Wildman–Crippen LogP) is 2.69. The maximum atomic E-state index is 13.0. The van der Waals surface area contributed by atoms with Crippen molar-refractivity contribution in [3.05, 3.63) is 54.1 Å². The molecule has 1 amide bonds. The van der Waals surface area contributed by atoms with E-state index in [-0.39, 0.29) is 16.7 Å². The normalized spacial score (nSPS) is 18.1. The van der Waals surface area contributed by atoms with Crippen LogP contribution in [0.2, 0.25) is 0 Å². The minimum Gasteiger partial charge on any atom is -0.497 e. The molecule has 2 aromatic rings. The van der Waals surface area contributed by atoms with Crippen molar-refractivity contribution in [2.45, 2.75) is 24.2 Å². The van der Waals surface area contributed by atoms with Crippen LogP contribution in [0.1, 0.15) is 18.4 Å². The van der Waals surface area contributed by atoms with Crippen LogP contribution < -0.4 is 9.64 Å². The number of amides is 1. The number of para-hydroxylation sites is 1. The molecule has 2 aliphatic rings. The fourth-order valence-corrected chi connectivity index (χ4v) is 5.50. The third-order valence-electron chi connectivity index (χ3n) is 5.65. The Kier molecular flexibility index (Phi) is 5.12. The summed E-state index contributed by atoms with van der Waals surface area (Å²) in [6.07, 6.45) is 1.98. The SMILES string of the molecule is COc1ccc(S(=O)(=O)N2CCC(C(=O)N3CCc4ccccc43)CC2)cc1. The van der Waals surface area contributed by atoms with Crippen molar-refractivity contribution in [2.24, 2.45) is 5.92 Å². The number of carbonyl (C=O) groups excluding carboxylic acids is 1. The Bertz CT molecular complexity index is 964. The van der Waals surface area contributed by atoms with Crippen LogP contribution in [0.4, 0.5) is 5.69 Å². The number of rotatable bonds is 4. The second kappa shape index (κ2) is 7.56. The highest BCUT2D eigenvalue weighted by Gasteiger charge is 2.35. The van der Waals surface area contributed by atoms with Gasteiger partial charge in [0.2, 0.25) is 15.9 Å². The van der Waals surface area contributed by atoms with E-state index in [1.54, 1.807) is 31.4 Å². The first-order valence-corrected chi connectivity index (χ1v) is 11.0. The molecule has 0 radical (unpaired) electrons. The van der Waals surface area contributed by atoms with Gasteiger partial charge in [0, 0.05) is 31.2 Å². The lowest BCUT2D eigenvalue weighted by Gasteiger charge is -2.32. The van der Waals surface area contributed by atoms with Gasteiger partial charge in [-0.2, -0.15) is 4.31 Å². The summed E-state index contributed by atoms with van der Waals surface area (Å²) in [7, 11) is -2.01. The van der Waals surface area contributed by atoms with Crippen LogP contribution >= 0.6 is 0 Å². The number of nitrogens with zero attached hydrogens (tertiary/aromatic N) is 2. The first-order valence-electron chi connectivity index (χ1n) is 9.54. The van der Waals surface area contributed by atoms with E-state index in [2.05, 4.69) is 6.07 Å². The number of fused-ring (bicyclic) bond motifs is 1. The summed E-state index contributed by atoms with van der Waals surface area (Å²) >= 11 is 0. The number of piperidine rings is 1. The maximum Gasteiger partial charge on any atom is 0.243 e. The first-order chi connectivity index (χ1) is 13.5. The molecule has 1 fully saturated rings. The average Bonchev–Trinajstić information content (AvgIpc) is 3.17. The van der Waals surface area contributed by atoms with Crippen LogP contribution in [0.5, 0.6) is 5.75 Å². The second-order valence-electron chi connectivity index (χ2n) is 7.22. The zero-order chi connectivity index (χ0) is 19.7. The van der Waals surface area contributed by atoms with Crippen LogP contribution in [-0.4, -0.2) is 45.4 Å². The van der Waals surface area contributed by atoms with Gasteiger partial charge in [0.15, 0.2) is 0 Å². The lowest BCUT2D eigenvalue weighted by atomic mass is 9.96. The molecule has 0 aliphatic carbocycles. The van der Waals surface area contributed by atoms with E-state index in [0.717, 1.165) is 12.1 Å². The number of anilines is 1. The Balaban J connectivity index is 1.42. The number of ether oxygens (including phenoxy) is 1. The highest BCUT2D eigenvalue weighted by molar-refractivity contribution is 7.89. The summed E-state index contributed by atoms with van der Waals surface area (Å²) in [6.45, 7) is 1.43. The van der Waals surface area contributed by atoms with Gasteiger partial charge in [-0.1, -0.05) is 18.2 Å². The smallest absolute Gasteiger partial charge is 0.243 e. The second-order valence-corrected chi connectivity index (χ2v) is 9.16. The molecule has 0 spiro atoms.